The molecule has 8 heteroatoms. The largest absolute Gasteiger partial charge is 0.361 e. The summed E-state index contributed by atoms with van der Waals surface area (Å²) in [7, 11) is 3.80. The average molecular weight is 353 g/mol. The van der Waals surface area contributed by atoms with Crippen molar-refractivity contribution in [1.82, 2.24) is 25.1 Å². The molecule has 1 amide bonds. The van der Waals surface area contributed by atoms with E-state index in [1.54, 1.807) is 12.4 Å². The van der Waals surface area contributed by atoms with Crippen LogP contribution in [0, 0.1) is 18.8 Å². The van der Waals surface area contributed by atoms with Crippen LogP contribution in [0.3, 0.4) is 0 Å². The van der Waals surface area contributed by atoms with Gasteiger partial charge in [-0.15, -0.1) is 10.2 Å². The summed E-state index contributed by atoms with van der Waals surface area (Å²) < 4.78 is 0. The summed E-state index contributed by atoms with van der Waals surface area (Å²) in [5.41, 5.74) is 1.51. The lowest BCUT2D eigenvalue weighted by Crippen LogP contribution is -2.34. The summed E-state index contributed by atoms with van der Waals surface area (Å²) in [5.74, 6) is 2.68. The minimum atomic E-state index is -0.0260. The molecule has 2 aliphatic heterocycles. The summed E-state index contributed by atoms with van der Waals surface area (Å²) in [6, 6.07) is 3.59. The summed E-state index contributed by atoms with van der Waals surface area (Å²) in [6.45, 7) is 5.42. The third kappa shape index (κ3) is 2.95. The van der Waals surface area contributed by atoms with Gasteiger partial charge in [-0.3, -0.25) is 4.79 Å². The number of carbonyl (C=O) groups is 1. The van der Waals surface area contributed by atoms with E-state index in [1.165, 1.54) is 0 Å². The summed E-state index contributed by atoms with van der Waals surface area (Å²) in [4.78, 5) is 27.3. The number of fused-ring (bicyclic) bond motifs is 1. The standard InChI is InChI=1S/C18H23N7O/c1-12-6-19-11-20-17(12)24-7-13-9-25(10-14(13)8-24)18(26)15-4-5-16(22-21-15)23(2)3/h4-6,11,13-14H,7-10H2,1-3H3. The number of likely N-dealkylation sites (tertiary alicyclic amines) is 1. The molecule has 2 aromatic rings. The van der Waals surface area contributed by atoms with E-state index in [1.807, 2.05) is 43.1 Å². The minimum Gasteiger partial charge on any atom is -0.361 e. The van der Waals surface area contributed by atoms with E-state index < -0.39 is 0 Å². The summed E-state index contributed by atoms with van der Waals surface area (Å²) in [6.07, 6.45) is 3.45. The summed E-state index contributed by atoms with van der Waals surface area (Å²) in [5, 5.41) is 8.21. The van der Waals surface area contributed by atoms with E-state index in [4.69, 9.17) is 0 Å². The first-order valence-corrected chi connectivity index (χ1v) is 8.85. The third-order valence-corrected chi connectivity index (χ3v) is 5.27. The molecule has 136 valence electrons. The van der Waals surface area contributed by atoms with Crippen LogP contribution in [0.4, 0.5) is 11.6 Å². The molecule has 4 heterocycles. The highest BCUT2D eigenvalue weighted by atomic mass is 16.2. The van der Waals surface area contributed by atoms with Crippen molar-refractivity contribution in [2.24, 2.45) is 11.8 Å². The molecule has 2 atom stereocenters. The number of hydrogen-bond donors (Lipinski definition) is 0. The second-order valence-electron chi connectivity index (χ2n) is 7.34. The van der Waals surface area contributed by atoms with Gasteiger partial charge in [0.1, 0.15) is 12.1 Å². The number of aromatic nitrogens is 4. The van der Waals surface area contributed by atoms with E-state index in [0.29, 0.717) is 17.5 Å². The van der Waals surface area contributed by atoms with Crippen LogP contribution in [0.15, 0.2) is 24.7 Å². The van der Waals surface area contributed by atoms with Crippen molar-refractivity contribution in [2.45, 2.75) is 6.92 Å². The summed E-state index contributed by atoms with van der Waals surface area (Å²) >= 11 is 0. The predicted molar refractivity (Wildman–Crippen MR) is 98.2 cm³/mol. The molecule has 26 heavy (non-hydrogen) atoms. The van der Waals surface area contributed by atoms with Crippen molar-refractivity contribution in [3.63, 3.8) is 0 Å². The van der Waals surface area contributed by atoms with Crippen LogP contribution in [0.1, 0.15) is 16.1 Å². The van der Waals surface area contributed by atoms with Gasteiger partial charge in [-0.25, -0.2) is 9.97 Å². The molecule has 2 aromatic heterocycles. The van der Waals surface area contributed by atoms with Crippen molar-refractivity contribution in [3.8, 4) is 0 Å². The van der Waals surface area contributed by atoms with Gasteiger partial charge < -0.3 is 14.7 Å². The van der Waals surface area contributed by atoms with E-state index >= 15 is 0 Å². The fourth-order valence-electron chi connectivity index (χ4n) is 3.90. The highest BCUT2D eigenvalue weighted by Crippen LogP contribution is 2.34. The molecule has 0 N–H and O–H groups in total. The smallest absolute Gasteiger partial charge is 0.274 e. The first-order valence-electron chi connectivity index (χ1n) is 8.85. The second kappa shape index (κ2) is 6.51. The number of aryl methyl sites for hydroxylation is 1. The van der Waals surface area contributed by atoms with Crippen LogP contribution in [-0.4, -0.2) is 71.2 Å². The van der Waals surface area contributed by atoms with Crippen molar-refractivity contribution in [1.29, 1.82) is 0 Å². The van der Waals surface area contributed by atoms with Crippen LogP contribution in [0.25, 0.3) is 0 Å². The number of amides is 1. The molecule has 0 saturated carbocycles. The zero-order valence-electron chi connectivity index (χ0n) is 15.3. The molecule has 2 saturated heterocycles. The number of carbonyl (C=O) groups excluding carboxylic acids is 1. The Morgan fingerprint density at radius 1 is 1.12 bits per heavy atom. The topological polar surface area (TPSA) is 78.4 Å². The van der Waals surface area contributed by atoms with Crippen molar-refractivity contribution >= 4 is 17.5 Å². The molecule has 0 spiro atoms. The second-order valence-corrected chi connectivity index (χ2v) is 7.34. The lowest BCUT2D eigenvalue weighted by Gasteiger charge is -2.23. The monoisotopic (exact) mass is 353 g/mol. The molecule has 0 aliphatic carbocycles. The Labute approximate surface area is 152 Å². The highest BCUT2D eigenvalue weighted by Gasteiger charge is 2.42. The number of hydrogen-bond acceptors (Lipinski definition) is 7. The first kappa shape index (κ1) is 16.7. The Bertz CT molecular complexity index is 793. The van der Waals surface area contributed by atoms with Gasteiger partial charge in [-0.1, -0.05) is 0 Å². The lowest BCUT2D eigenvalue weighted by molar-refractivity contribution is 0.0775. The van der Waals surface area contributed by atoms with E-state index in [-0.39, 0.29) is 5.91 Å². The molecule has 8 nitrogen and oxygen atoms in total. The first-order chi connectivity index (χ1) is 12.5. The van der Waals surface area contributed by atoms with Crippen molar-refractivity contribution in [2.75, 3.05) is 50.1 Å². The normalized spacial score (nSPS) is 21.8. The van der Waals surface area contributed by atoms with E-state index in [9.17, 15) is 4.79 Å². The van der Waals surface area contributed by atoms with Gasteiger partial charge in [0.05, 0.1) is 0 Å². The molecule has 2 fully saturated rings. The minimum absolute atomic E-state index is 0.0260. The van der Waals surface area contributed by atoms with Crippen LogP contribution in [-0.2, 0) is 0 Å². The Balaban J connectivity index is 1.41. The van der Waals surface area contributed by atoms with Crippen LogP contribution in [0.2, 0.25) is 0 Å². The fourth-order valence-corrected chi connectivity index (χ4v) is 3.90. The number of anilines is 2. The molecule has 2 unspecified atom stereocenters. The van der Waals surface area contributed by atoms with Crippen molar-refractivity contribution < 1.29 is 4.79 Å². The maximum atomic E-state index is 12.7. The van der Waals surface area contributed by atoms with Crippen LogP contribution < -0.4 is 9.80 Å². The van der Waals surface area contributed by atoms with Gasteiger partial charge in [0.25, 0.3) is 5.91 Å². The average Bonchev–Trinajstić information content (AvgIpc) is 3.20. The highest BCUT2D eigenvalue weighted by molar-refractivity contribution is 5.92. The molecule has 4 rings (SSSR count). The predicted octanol–water partition coefficient (Wildman–Crippen LogP) is 0.849. The van der Waals surface area contributed by atoms with Gasteiger partial charge in [0.2, 0.25) is 0 Å². The maximum Gasteiger partial charge on any atom is 0.274 e. The molecular formula is C18H23N7O. The Morgan fingerprint density at radius 2 is 1.85 bits per heavy atom. The zero-order chi connectivity index (χ0) is 18.3. The third-order valence-electron chi connectivity index (χ3n) is 5.27. The van der Waals surface area contributed by atoms with Gasteiger partial charge in [0.15, 0.2) is 11.5 Å². The zero-order valence-corrected chi connectivity index (χ0v) is 15.3. The maximum absolute atomic E-state index is 12.7. The van der Waals surface area contributed by atoms with Gasteiger partial charge in [-0.05, 0) is 19.1 Å². The van der Waals surface area contributed by atoms with E-state index in [2.05, 4.69) is 25.1 Å². The Kier molecular flexibility index (Phi) is 4.18. The Morgan fingerprint density at radius 3 is 2.42 bits per heavy atom. The van der Waals surface area contributed by atoms with E-state index in [0.717, 1.165) is 43.4 Å². The molecule has 0 radical (unpaired) electrons. The van der Waals surface area contributed by atoms with Crippen molar-refractivity contribution in [3.05, 3.63) is 35.9 Å². The molecule has 0 aromatic carbocycles. The number of nitrogens with zero attached hydrogens (tertiary/aromatic N) is 7. The molecule has 2 aliphatic rings. The Hall–Kier alpha value is -2.77. The van der Waals surface area contributed by atoms with Crippen LogP contribution >= 0.6 is 0 Å². The number of rotatable bonds is 3. The van der Waals surface area contributed by atoms with Gasteiger partial charge in [0, 0.05) is 63.9 Å². The van der Waals surface area contributed by atoms with Crippen LogP contribution in [0.5, 0.6) is 0 Å². The lowest BCUT2D eigenvalue weighted by atomic mass is 10.0. The van der Waals surface area contributed by atoms with Gasteiger partial charge >= 0.3 is 0 Å². The van der Waals surface area contributed by atoms with Gasteiger partial charge in [-0.2, -0.15) is 0 Å². The fraction of sp³-hybridized carbons (Fsp3) is 0.500. The SMILES string of the molecule is Cc1cncnc1N1CC2CN(C(=O)c3ccc(N(C)C)nn3)CC2C1. The quantitative estimate of drug-likeness (QED) is 0.809. The molecule has 0 bridgehead atoms. The molecular weight excluding hydrogens is 330 g/mol.